The van der Waals surface area contributed by atoms with E-state index in [1.54, 1.807) is 31.4 Å². The first-order valence-electron chi connectivity index (χ1n) is 9.60. The van der Waals surface area contributed by atoms with E-state index < -0.39 is 12.1 Å². The lowest BCUT2D eigenvalue weighted by molar-refractivity contribution is -0.118. The molecule has 0 aliphatic rings. The van der Waals surface area contributed by atoms with Crippen LogP contribution < -0.4 is 15.4 Å². The summed E-state index contributed by atoms with van der Waals surface area (Å²) in [6.07, 6.45) is -0.312. The van der Waals surface area contributed by atoms with Gasteiger partial charge in [0.25, 0.3) is 0 Å². The van der Waals surface area contributed by atoms with Gasteiger partial charge in [-0.15, -0.1) is 0 Å². The molecule has 30 heavy (non-hydrogen) atoms. The number of amides is 2. The third kappa shape index (κ3) is 6.38. The summed E-state index contributed by atoms with van der Waals surface area (Å²) >= 11 is 0. The van der Waals surface area contributed by atoms with E-state index in [0.29, 0.717) is 17.9 Å². The Labute approximate surface area is 175 Å². The van der Waals surface area contributed by atoms with E-state index in [4.69, 9.17) is 9.47 Å². The molecular formula is C24H24N2O4. The number of carbonyl (C=O) groups is 2. The Hall–Kier alpha value is -3.80. The maximum Gasteiger partial charge on any atom is 0.408 e. The molecule has 2 amide bonds. The number of benzene rings is 3. The zero-order valence-electron chi connectivity index (χ0n) is 16.7. The van der Waals surface area contributed by atoms with Gasteiger partial charge in [0.15, 0.2) is 0 Å². The van der Waals surface area contributed by atoms with Gasteiger partial charge in [-0.2, -0.15) is 0 Å². The molecule has 0 aliphatic carbocycles. The monoisotopic (exact) mass is 404 g/mol. The Morgan fingerprint density at radius 2 is 1.43 bits per heavy atom. The molecular weight excluding hydrogens is 380 g/mol. The van der Waals surface area contributed by atoms with Crippen LogP contribution in [-0.2, 0) is 22.6 Å². The highest BCUT2D eigenvalue weighted by Crippen LogP contribution is 2.16. The van der Waals surface area contributed by atoms with E-state index >= 15 is 0 Å². The van der Waals surface area contributed by atoms with Crippen molar-refractivity contribution < 1.29 is 19.1 Å². The van der Waals surface area contributed by atoms with Crippen LogP contribution in [0.25, 0.3) is 0 Å². The van der Waals surface area contributed by atoms with Crippen LogP contribution in [0.2, 0.25) is 0 Å². The zero-order valence-corrected chi connectivity index (χ0v) is 16.7. The Morgan fingerprint density at radius 1 is 0.833 bits per heavy atom. The van der Waals surface area contributed by atoms with Gasteiger partial charge in [-0.1, -0.05) is 60.7 Å². The van der Waals surface area contributed by atoms with E-state index in [0.717, 1.165) is 11.1 Å². The average molecular weight is 404 g/mol. The highest BCUT2D eigenvalue weighted by molar-refractivity contribution is 5.96. The van der Waals surface area contributed by atoms with Crippen molar-refractivity contribution in [1.82, 2.24) is 5.32 Å². The minimum absolute atomic E-state index is 0.130. The molecule has 0 radical (unpaired) electrons. The Balaban J connectivity index is 1.65. The summed E-state index contributed by atoms with van der Waals surface area (Å²) in [5, 5.41) is 5.51. The topological polar surface area (TPSA) is 76.7 Å². The van der Waals surface area contributed by atoms with Gasteiger partial charge in [0.2, 0.25) is 5.91 Å². The molecule has 3 rings (SSSR count). The molecule has 0 heterocycles. The van der Waals surface area contributed by atoms with Gasteiger partial charge < -0.3 is 20.1 Å². The van der Waals surface area contributed by atoms with Gasteiger partial charge in [0.05, 0.1) is 7.11 Å². The zero-order chi connectivity index (χ0) is 21.2. The van der Waals surface area contributed by atoms with Crippen molar-refractivity contribution in [2.75, 3.05) is 12.4 Å². The standard InChI is InChI=1S/C24H24N2O4/c1-29-21-14-12-20(13-15-21)25-23(27)22(16-18-8-4-2-5-9-18)26-24(28)30-17-19-10-6-3-7-11-19/h2-15,22H,16-17H2,1H3,(H,25,27)(H,26,28)/t22-/m1/s1. The number of carbonyl (C=O) groups excluding carboxylic acids is 2. The molecule has 0 spiro atoms. The third-order valence-electron chi connectivity index (χ3n) is 4.46. The number of ether oxygens (including phenoxy) is 2. The largest absolute Gasteiger partial charge is 0.497 e. The molecule has 0 saturated heterocycles. The predicted octanol–water partition coefficient (Wildman–Crippen LogP) is 4.17. The number of nitrogens with one attached hydrogen (secondary N) is 2. The second-order valence-corrected chi connectivity index (χ2v) is 6.67. The van der Waals surface area contributed by atoms with Crippen LogP contribution in [0.5, 0.6) is 5.75 Å². The van der Waals surface area contributed by atoms with Gasteiger partial charge in [-0.3, -0.25) is 4.79 Å². The van der Waals surface area contributed by atoms with Crippen molar-refractivity contribution in [1.29, 1.82) is 0 Å². The fourth-order valence-corrected chi connectivity index (χ4v) is 2.87. The number of methoxy groups -OCH3 is 1. The summed E-state index contributed by atoms with van der Waals surface area (Å²) in [5.74, 6) is 0.358. The molecule has 6 nitrogen and oxygen atoms in total. The van der Waals surface area contributed by atoms with Crippen molar-refractivity contribution in [2.24, 2.45) is 0 Å². The van der Waals surface area contributed by atoms with Crippen LogP contribution >= 0.6 is 0 Å². The summed E-state index contributed by atoms with van der Waals surface area (Å²) in [6, 6.07) is 25.1. The van der Waals surface area contributed by atoms with Crippen LogP contribution in [0.4, 0.5) is 10.5 Å². The first-order chi connectivity index (χ1) is 14.6. The SMILES string of the molecule is COc1ccc(NC(=O)[C@@H](Cc2ccccc2)NC(=O)OCc2ccccc2)cc1. The molecule has 3 aromatic rings. The summed E-state index contributed by atoms with van der Waals surface area (Å²) in [5.41, 5.74) is 2.41. The normalized spacial score (nSPS) is 11.2. The fourth-order valence-electron chi connectivity index (χ4n) is 2.87. The maximum atomic E-state index is 12.9. The summed E-state index contributed by atoms with van der Waals surface area (Å²) in [4.78, 5) is 25.2. The minimum atomic E-state index is -0.794. The Kier molecular flexibility index (Phi) is 7.44. The molecule has 0 bridgehead atoms. The molecule has 0 fully saturated rings. The summed E-state index contributed by atoms with van der Waals surface area (Å²) in [6.45, 7) is 0.130. The molecule has 154 valence electrons. The quantitative estimate of drug-likeness (QED) is 0.591. The number of rotatable bonds is 8. The molecule has 1 atom stereocenters. The molecule has 0 aliphatic heterocycles. The molecule has 0 aromatic heterocycles. The first-order valence-corrected chi connectivity index (χ1v) is 9.60. The number of anilines is 1. The summed E-state index contributed by atoms with van der Waals surface area (Å²) in [7, 11) is 1.58. The van der Waals surface area contributed by atoms with Gasteiger partial charge in [0, 0.05) is 12.1 Å². The average Bonchev–Trinajstić information content (AvgIpc) is 2.79. The van der Waals surface area contributed by atoms with Crippen LogP contribution in [0.1, 0.15) is 11.1 Å². The van der Waals surface area contributed by atoms with Gasteiger partial charge in [-0.05, 0) is 35.4 Å². The van der Waals surface area contributed by atoms with Crippen molar-refractivity contribution in [2.45, 2.75) is 19.1 Å². The number of hydrogen-bond donors (Lipinski definition) is 2. The van der Waals surface area contributed by atoms with Crippen molar-refractivity contribution in [3.8, 4) is 5.75 Å². The van der Waals surface area contributed by atoms with Crippen LogP contribution in [0.15, 0.2) is 84.9 Å². The molecule has 3 aromatic carbocycles. The van der Waals surface area contributed by atoms with Crippen LogP contribution in [0.3, 0.4) is 0 Å². The van der Waals surface area contributed by atoms with Gasteiger partial charge in [-0.25, -0.2) is 4.79 Å². The lowest BCUT2D eigenvalue weighted by atomic mass is 10.1. The second kappa shape index (κ2) is 10.7. The van der Waals surface area contributed by atoms with Gasteiger partial charge in [0.1, 0.15) is 18.4 Å². The molecule has 0 saturated carbocycles. The van der Waals surface area contributed by atoms with E-state index in [2.05, 4.69) is 10.6 Å². The predicted molar refractivity (Wildman–Crippen MR) is 115 cm³/mol. The van der Waals surface area contributed by atoms with Crippen molar-refractivity contribution in [3.63, 3.8) is 0 Å². The lowest BCUT2D eigenvalue weighted by Gasteiger charge is -2.19. The Bertz CT molecular complexity index is 944. The first kappa shape index (κ1) is 20.9. The van der Waals surface area contributed by atoms with Crippen LogP contribution in [0, 0.1) is 0 Å². The van der Waals surface area contributed by atoms with Crippen molar-refractivity contribution in [3.05, 3.63) is 96.1 Å². The number of hydrogen-bond acceptors (Lipinski definition) is 4. The van der Waals surface area contributed by atoms with Crippen LogP contribution in [-0.4, -0.2) is 25.2 Å². The number of alkyl carbamates (subject to hydrolysis) is 1. The molecule has 2 N–H and O–H groups in total. The molecule has 6 heteroatoms. The van der Waals surface area contributed by atoms with E-state index in [-0.39, 0.29) is 12.5 Å². The second-order valence-electron chi connectivity index (χ2n) is 6.67. The van der Waals surface area contributed by atoms with E-state index in [1.165, 1.54) is 0 Å². The molecule has 0 unspecified atom stereocenters. The fraction of sp³-hybridized carbons (Fsp3) is 0.167. The summed E-state index contributed by atoms with van der Waals surface area (Å²) < 4.78 is 10.4. The maximum absolute atomic E-state index is 12.9. The highest BCUT2D eigenvalue weighted by Gasteiger charge is 2.22. The highest BCUT2D eigenvalue weighted by atomic mass is 16.5. The van der Waals surface area contributed by atoms with Gasteiger partial charge >= 0.3 is 6.09 Å². The minimum Gasteiger partial charge on any atom is -0.497 e. The van der Waals surface area contributed by atoms with E-state index in [9.17, 15) is 9.59 Å². The lowest BCUT2D eigenvalue weighted by Crippen LogP contribution is -2.45. The smallest absolute Gasteiger partial charge is 0.408 e. The Morgan fingerprint density at radius 3 is 2.03 bits per heavy atom. The van der Waals surface area contributed by atoms with Crippen molar-refractivity contribution >= 4 is 17.7 Å². The van der Waals surface area contributed by atoms with E-state index in [1.807, 2.05) is 60.7 Å². The third-order valence-corrected chi connectivity index (χ3v) is 4.46.